The second-order valence-corrected chi connectivity index (χ2v) is 10.8. The summed E-state index contributed by atoms with van der Waals surface area (Å²) in [5.41, 5.74) is 0. The lowest BCUT2D eigenvalue weighted by atomic mass is 9.96. The van der Waals surface area contributed by atoms with Gasteiger partial charge in [0, 0.05) is 0 Å². The third kappa shape index (κ3) is 15.8. The fourth-order valence-electron chi connectivity index (χ4n) is 5.09. The molecule has 0 radical (unpaired) electrons. The molecular formula is C30H56NO6+. The van der Waals surface area contributed by atoms with Crippen LogP contribution in [0.15, 0.2) is 12.3 Å². The van der Waals surface area contributed by atoms with E-state index in [9.17, 15) is 29.7 Å². The summed E-state index contributed by atoms with van der Waals surface area (Å²) in [5, 5.41) is 29.3. The van der Waals surface area contributed by atoms with Gasteiger partial charge in [-0.2, -0.15) is 0 Å². The van der Waals surface area contributed by atoms with Crippen LogP contribution in [0.4, 0.5) is 0 Å². The van der Waals surface area contributed by atoms with Gasteiger partial charge in [-0.1, -0.05) is 91.9 Å². The molecule has 0 aromatic carbocycles. The van der Waals surface area contributed by atoms with E-state index in [1.807, 2.05) is 33.0 Å². The Balaban J connectivity index is 5.26. The zero-order valence-electron chi connectivity index (χ0n) is 24.1. The first-order chi connectivity index (χ1) is 17.7. The number of hydrogen-bond donors (Lipinski definition) is 3. The van der Waals surface area contributed by atoms with Crippen molar-refractivity contribution in [3.05, 3.63) is 12.3 Å². The van der Waals surface area contributed by atoms with Gasteiger partial charge in [0.2, 0.25) is 0 Å². The standard InChI is InChI=1S/C30H55NO6/c1-5-9-10-11-12-13-14-15-16-17-18-19-20-21-31(22-25(6-2)28(32)33,23-26(7-3)29(34)35)24-27(8-4)30(36)37/h20-21,25-27H,5-19,22-24H2,1-4H3,(H2-,32,33,34,35,36,37)/p+1/b21-20+. The third-order valence-corrected chi connectivity index (χ3v) is 7.67. The van der Waals surface area contributed by atoms with Gasteiger partial charge in [0.25, 0.3) is 0 Å². The lowest BCUT2D eigenvalue weighted by Crippen LogP contribution is -2.54. The smallest absolute Gasteiger partial charge is 0.312 e. The molecule has 0 bridgehead atoms. The van der Waals surface area contributed by atoms with E-state index in [4.69, 9.17) is 0 Å². The molecule has 7 nitrogen and oxygen atoms in total. The van der Waals surface area contributed by atoms with Crippen LogP contribution in [0.25, 0.3) is 0 Å². The van der Waals surface area contributed by atoms with Crippen molar-refractivity contribution in [2.45, 2.75) is 124 Å². The first-order valence-electron chi connectivity index (χ1n) is 14.9. The molecule has 0 spiro atoms. The maximum Gasteiger partial charge on any atom is 0.312 e. The van der Waals surface area contributed by atoms with Crippen molar-refractivity contribution in [3.8, 4) is 0 Å². The van der Waals surface area contributed by atoms with E-state index in [1.54, 1.807) is 0 Å². The molecule has 0 saturated heterocycles. The summed E-state index contributed by atoms with van der Waals surface area (Å²) in [6, 6.07) is 0. The summed E-state index contributed by atoms with van der Waals surface area (Å²) < 4.78 is 0.0818. The molecule has 0 aliphatic heterocycles. The zero-order chi connectivity index (χ0) is 28.1. The number of quaternary nitrogens is 1. The lowest BCUT2D eigenvalue weighted by Gasteiger charge is -2.40. The summed E-state index contributed by atoms with van der Waals surface area (Å²) in [4.78, 5) is 35.7. The molecule has 3 atom stereocenters. The van der Waals surface area contributed by atoms with Crippen molar-refractivity contribution in [3.63, 3.8) is 0 Å². The van der Waals surface area contributed by atoms with Gasteiger partial charge in [-0.25, -0.2) is 0 Å². The number of nitrogens with zero attached hydrogens (tertiary/aromatic N) is 1. The van der Waals surface area contributed by atoms with Crippen molar-refractivity contribution >= 4 is 17.9 Å². The highest BCUT2D eigenvalue weighted by Gasteiger charge is 2.39. The molecule has 0 rings (SSSR count). The van der Waals surface area contributed by atoms with E-state index in [-0.39, 0.29) is 24.1 Å². The van der Waals surface area contributed by atoms with Gasteiger partial charge in [0.05, 0.1) is 25.8 Å². The van der Waals surface area contributed by atoms with Gasteiger partial charge in [0.15, 0.2) is 0 Å². The lowest BCUT2D eigenvalue weighted by molar-refractivity contribution is -0.887. The highest BCUT2D eigenvalue weighted by Crippen LogP contribution is 2.25. The van der Waals surface area contributed by atoms with Crippen LogP contribution in [0.2, 0.25) is 0 Å². The Morgan fingerprint density at radius 2 is 0.892 bits per heavy atom. The van der Waals surface area contributed by atoms with E-state index in [2.05, 4.69) is 6.92 Å². The molecule has 0 aliphatic rings. The van der Waals surface area contributed by atoms with Crippen LogP contribution in [0.1, 0.15) is 124 Å². The van der Waals surface area contributed by atoms with Crippen LogP contribution in [0.5, 0.6) is 0 Å². The number of carboxylic acids is 3. The zero-order valence-corrected chi connectivity index (χ0v) is 24.1. The number of carboxylic acid groups (broad SMARTS) is 3. The van der Waals surface area contributed by atoms with Gasteiger partial charge < -0.3 is 15.3 Å². The molecule has 3 N–H and O–H groups in total. The monoisotopic (exact) mass is 526 g/mol. The topological polar surface area (TPSA) is 112 Å². The highest BCUT2D eigenvalue weighted by atomic mass is 16.4. The van der Waals surface area contributed by atoms with Gasteiger partial charge in [-0.15, -0.1) is 0 Å². The number of carbonyl (C=O) groups is 3. The molecule has 0 heterocycles. The molecule has 7 heteroatoms. The van der Waals surface area contributed by atoms with E-state index >= 15 is 0 Å². The minimum absolute atomic E-state index is 0.0818. The highest BCUT2D eigenvalue weighted by molar-refractivity contribution is 5.71. The first-order valence-corrected chi connectivity index (χ1v) is 14.9. The van der Waals surface area contributed by atoms with Crippen LogP contribution in [0, 0.1) is 17.8 Å². The fourth-order valence-corrected chi connectivity index (χ4v) is 5.09. The molecule has 0 amide bonds. The Morgan fingerprint density at radius 3 is 1.19 bits per heavy atom. The minimum atomic E-state index is -0.921. The van der Waals surface area contributed by atoms with E-state index in [1.165, 1.54) is 57.8 Å². The number of unbranched alkanes of at least 4 members (excludes halogenated alkanes) is 11. The Hall–Kier alpha value is -1.89. The molecule has 0 aliphatic carbocycles. The van der Waals surface area contributed by atoms with E-state index in [0.717, 1.165) is 19.3 Å². The average molecular weight is 527 g/mol. The Kier molecular flexibility index (Phi) is 20.0. The molecule has 0 aromatic rings. The van der Waals surface area contributed by atoms with Crippen molar-refractivity contribution in [2.24, 2.45) is 17.8 Å². The summed E-state index contributed by atoms with van der Waals surface area (Å²) >= 11 is 0. The van der Waals surface area contributed by atoms with Crippen molar-refractivity contribution in [2.75, 3.05) is 19.6 Å². The maximum absolute atomic E-state index is 11.9. The van der Waals surface area contributed by atoms with Gasteiger partial charge in [-0.3, -0.25) is 18.9 Å². The van der Waals surface area contributed by atoms with Crippen molar-refractivity contribution in [1.29, 1.82) is 0 Å². The Labute approximate surface area is 225 Å². The van der Waals surface area contributed by atoms with Gasteiger partial charge in [-0.05, 0) is 38.2 Å². The van der Waals surface area contributed by atoms with Crippen LogP contribution >= 0.6 is 0 Å². The van der Waals surface area contributed by atoms with Crippen LogP contribution in [-0.4, -0.2) is 57.3 Å². The second-order valence-electron chi connectivity index (χ2n) is 10.8. The number of rotatable bonds is 25. The largest absolute Gasteiger partial charge is 0.481 e. The average Bonchev–Trinajstić information content (AvgIpc) is 2.86. The normalized spacial score (nSPS) is 15.8. The Morgan fingerprint density at radius 1 is 0.568 bits per heavy atom. The van der Waals surface area contributed by atoms with Crippen LogP contribution in [-0.2, 0) is 14.4 Å². The molecule has 37 heavy (non-hydrogen) atoms. The number of allylic oxidation sites excluding steroid dienone is 1. The van der Waals surface area contributed by atoms with Crippen molar-refractivity contribution in [1.82, 2.24) is 0 Å². The Bertz CT molecular complexity index is 603. The summed E-state index contributed by atoms with van der Waals surface area (Å²) in [6.45, 7) is 8.28. The molecule has 0 fully saturated rings. The summed E-state index contributed by atoms with van der Waals surface area (Å²) in [5.74, 6) is -4.75. The molecular weight excluding hydrogens is 470 g/mol. The fraction of sp³-hybridized carbons (Fsp3) is 0.833. The third-order valence-electron chi connectivity index (χ3n) is 7.67. The first kappa shape index (κ1) is 35.1. The van der Waals surface area contributed by atoms with Crippen LogP contribution < -0.4 is 0 Å². The minimum Gasteiger partial charge on any atom is -0.481 e. The summed E-state index contributed by atoms with van der Waals surface area (Å²) in [6.07, 6.45) is 19.9. The predicted molar refractivity (Wildman–Crippen MR) is 149 cm³/mol. The number of aliphatic carboxylic acids is 3. The second kappa shape index (κ2) is 21.1. The molecule has 3 unspecified atom stereocenters. The van der Waals surface area contributed by atoms with E-state index in [0.29, 0.717) is 19.3 Å². The summed E-state index contributed by atoms with van der Waals surface area (Å²) in [7, 11) is 0. The van der Waals surface area contributed by atoms with Gasteiger partial charge in [0.1, 0.15) is 17.8 Å². The molecule has 216 valence electrons. The van der Waals surface area contributed by atoms with Crippen molar-refractivity contribution < 1.29 is 34.2 Å². The van der Waals surface area contributed by atoms with E-state index < -0.39 is 35.7 Å². The molecule has 0 aromatic heterocycles. The van der Waals surface area contributed by atoms with Gasteiger partial charge >= 0.3 is 17.9 Å². The predicted octanol–water partition coefficient (Wildman–Crippen LogP) is 7.35. The maximum atomic E-state index is 11.9. The molecule has 0 saturated carbocycles. The number of hydrogen-bond acceptors (Lipinski definition) is 3. The quantitative estimate of drug-likeness (QED) is 0.0847. The van der Waals surface area contributed by atoms with Crippen LogP contribution in [0.3, 0.4) is 0 Å². The SMILES string of the molecule is CCCCCCCCCCCCC/C=C/[N+](CC(CC)C(=O)O)(CC(CC)C(=O)O)CC(CC)C(=O)O.